The summed E-state index contributed by atoms with van der Waals surface area (Å²) in [5, 5.41) is 10.5. The lowest BCUT2D eigenvalue weighted by molar-refractivity contribution is -0.160. The second kappa shape index (κ2) is 12.6. The molecule has 0 amide bonds. The van der Waals surface area contributed by atoms with Gasteiger partial charge in [0.2, 0.25) is 5.95 Å². The zero-order valence-electron chi connectivity index (χ0n) is 28.5. The van der Waals surface area contributed by atoms with Crippen LogP contribution in [0.25, 0.3) is 22.5 Å². The predicted octanol–water partition coefficient (Wildman–Crippen LogP) is 6.74. The number of rotatable bonds is 7. The van der Waals surface area contributed by atoms with Crippen molar-refractivity contribution in [1.82, 2.24) is 24.9 Å². The Balaban J connectivity index is 1.39. The number of hydrogen-bond acceptors (Lipinski definition) is 9. The van der Waals surface area contributed by atoms with E-state index in [1.54, 1.807) is 24.8 Å². The SMILES string of the molecule is Cc1nc(C)c([C@H](OC(C)(C)C)C(=O)O)c(N2CCC(C)(C)CC2)c1-c1ccc2c(c1)CCN(c1nccc(-c3cnccn3)n1)C2. The van der Waals surface area contributed by atoms with Gasteiger partial charge in [-0.25, -0.2) is 14.8 Å². The van der Waals surface area contributed by atoms with Crippen LogP contribution in [0.5, 0.6) is 0 Å². The van der Waals surface area contributed by atoms with Crippen molar-refractivity contribution in [3.63, 3.8) is 0 Å². The van der Waals surface area contributed by atoms with Gasteiger partial charge in [0.25, 0.3) is 0 Å². The molecule has 0 unspecified atom stereocenters. The van der Waals surface area contributed by atoms with Gasteiger partial charge in [-0.2, -0.15) is 0 Å². The Morgan fingerprint density at radius 1 is 0.915 bits per heavy atom. The van der Waals surface area contributed by atoms with Crippen LogP contribution in [0.1, 0.15) is 81.6 Å². The summed E-state index contributed by atoms with van der Waals surface area (Å²) >= 11 is 0. The van der Waals surface area contributed by atoms with Crippen molar-refractivity contribution in [2.24, 2.45) is 5.41 Å². The standard InChI is InChI=1S/C37H45N7O3/c1-23-30(32(43-18-12-37(6,7)13-19-43)31(24(2)41-23)33(34(45)46)47-36(3,4)5)26-8-9-27-22-44(17-11-25(27)20-26)35-40-14-10-28(42-35)29-21-38-15-16-39-29/h8-10,14-16,20-21,33H,11-13,17-19,22H2,1-7H3,(H,45,46)/t33-/m0/s1. The van der Waals surface area contributed by atoms with E-state index < -0.39 is 17.7 Å². The second-order valence-corrected chi connectivity index (χ2v) is 14.5. The fourth-order valence-corrected chi connectivity index (χ4v) is 6.71. The molecule has 5 heterocycles. The average Bonchev–Trinajstić information content (AvgIpc) is 3.03. The van der Waals surface area contributed by atoms with Gasteiger partial charge < -0.3 is 19.6 Å². The van der Waals surface area contributed by atoms with Gasteiger partial charge in [0.15, 0.2) is 6.10 Å². The Morgan fingerprint density at radius 2 is 1.68 bits per heavy atom. The zero-order valence-corrected chi connectivity index (χ0v) is 28.5. The molecule has 0 saturated carbocycles. The van der Waals surface area contributed by atoms with E-state index in [0.29, 0.717) is 29.4 Å². The van der Waals surface area contributed by atoms with Gasteiger partial charge in [0.05, 0.1) is 23.2 Å². The van der Waals surface area contributed by atoms with Crippen LogP contribution in [0.3, 0.4) is 0 Å². The first-order valence-corrected chi connectivity index (χ1v) is 16.4. The minimum Gasteiger partial charge on any atom is -0.479 e. The van der Waals surface area contributed by atoms with Crippen LogP contribution in [0.4, 0.5) is 11.6 Å². The molecule has 1 saturated heterocycles. The number of carboxylic acids is 1. The second-order valence-electron chi connectivity index (χ2n) is 14.5. The Bertz CT molecular complexity index is 1780. The van der Waals surface area contributed by atoms with E-state index in [9.17, 15) is 9.90 Å². The Hall–Kier alpha value is -4.44. The molecule has 47 heavy (non-hydrogen) atoms. The van der Waals surface area contributed by atoms with Crippen molar-refractivity contribution in [3.8, 4) is 22.5 Å². The third-order valence-corrected chi connectivity index (χ3v) is 9.23. The molecular formula is C37H45N7O3. The molecule has 0 bridgehead atoms. The molecule has 3 aromatic heterocycles. The van der Waals surface area contributed by atoms with E-state index in [4.69, 9.17) is 14.7 Å². The number of aliphatic carboxylic acids is 1. The van der Waals surface area contributed by atoms with Crippen LogP contribution in [-0.2, 0) is 22.5 Å². The van der Waals surface area contributed by atoms with Crippen LogP contribution in [0.2, 0.25) is 0 Å². The van der Waals surface area contributed by atoms with E-state index in [-0.39, 0.29) is 5.41 Å². The first-order valence-electron chi connectivity index (χ1n) is 16.4. The lowest BCUT2D eigenvalue weighted by atomic mass is 9.81. The lowest BCUT2D eigenvalue weighted by Gasteiger charge is -2.41. The highest BCUT2D eigenvalue weighted by Crippen LogP contribution is 2.45. The molecule has 0 spiro atoms. The number of fused-ring (bicyclic) bond motifs is 1. The van der Waals surface area contributed by atoms with Crippen LogP contribution < -0.4 is 9.80 Å². The summed E-state index contributed by atoms with van der Waals surface area (Å²) in [6.07, 6.45) is 8.51. The largest absolute Gasteiger partial charge is 0.479 e. The number of nitrogens with zero attached hydrogens (tertiary/aromatic N) is 7. The van der Waals surface area contributed by atoms with Gasteiger partial charge in [0, 0.05) is 67.3 Å². The van der Waals surface area contributed by atoms with Gasteiger partial charge >= 0.3 is 5.97 Å². The van der Waals surface area contributed by atoms with E-state index >= 15 is 0 Å². The number of anilines is 2. The van der Waals surface area contributed by atoms with Crippen LogP contribution in [-0.4, -0.2) is 61.2 Å². The molecule has 2 aliphatic heterocycles. The van der Waals surface area contributed by atoms with Crippen molar-refractivity contribution >= 4 is 17.6 Å². The molecule has 1 N–H and O–H groups in total. The number of benzene rings is 1. The molecule has 10 nitrogen and oxygen atoms in total. The molecule has 0 aliphatic carbocycles. The molecular weight excluding hydrogens is 590 g/mol. The molecule has 0 radical (unpaired) electrons. The van der Waals surface area contributed by atoms with Crippen molar-refractivity contribution in [1.29, 1.82) is 0 Å². The molecule has 1 atom stereocenters. The van der Waals surface area contributed by atoms with Crippen LogP contribution in [0.15, 0.2) is 49.1 Å². The van der Waals surface area contributed by atoms with Gasteiger partial charge in [0.1, 0.15) is 5.69 Å². The topological polar surface area (TPSA) is 117 Å². The van der Waals surface area contributed by atoms with Gasteiger partial charge in [-0.05, 0) is 82.1 Å². The van der Waals surface area contributed by atoms with Crippen molar-refractivity contribution < 1.29 is 14.6 Å². The Labute approximate surface area is 277 Å². The smallest absolute Gasteiger partial charge is 0.337 e. The summed E-state index contributed by atoms with van der Waals surface area (Å²) in [5.74, 6) is -0.339. The normalized spacial score (nSPS) is 16.9. The van der Waals surface area contributed by atoms with Crippen molar-refractivity contribution in [2.45, 2.75) is 86.0 Å². The number of aryl methyl sites for hydroxylation is 2. The third kappa shape index (κ3) is 6.98. The first-order chi connectivity index (χ1) is 22.3. The molecule has 1 fully saturated rings. The summed E-state index contributed by atoms with van der Waals surface area (Å²) < 4.78 is 6.26. The maximum Gasteiger partial charge on any atom is 0.337 e. The highest BCUT2D eigenvalue weighted by Gasteiger charge is 2.36. The van der Waals surface area contributed by atoms with Crippen LogP contribution >= 0.6 is 0 Å². The van der Waals surface area contributed by atoms with E-state index in [2.05, 4.69) is 56.8 Å². The number of ether oxygens (including phenoxy) is 1. The number of aromatic nitrogens is 5. The molecule has 10 heteroatoms. The minimum absolute atomic E-state index is 0.234. The number of pyridine rings is 1. The highest BCUT2D eigenvalue weighted by molar-refractivity contribution is 5.88. The fourth-order valence-electron chi connectivity index (χ4n) is 6.71. The summed E-state index contributed by atoms with van der Waals surface area (Å²) in [5.41, 5.74) is 8.71. The van der Waals surface area contributed by atoms with Gasteiger partial charge in [-0.1, -0.05) is 32.0 Å². The van der Waals surface area contributed by atoms with Gasteiger partial charge in [-0.3, -0.25) is 15.0 Å². The summed E-state index contributed by atoms with van der Waals surface area (Å²) in [6, 6.07) is 8.46. The molecule has 246 valence electrons. The number of carboxylic acid groups (broad SMARTS) is 1. The highest BCUT2D eigenvalue weighted by atomic mass is 16.5. The number of hydrogen-bond donors (Lipinski definition) is 1. The van der Waals surface area contributed by atoms with E-state index in [1.807, 2.05) is 40.7 Å². The maximum absolute atomic E-state index is 12.8. The summed E-state index contributed by atoms with van der Waals surface area (Å²) in [4.78, 5) is 40.3. The molecule has 1 aromatic carbocycles. The van der Waals surface area contributed by atoms with Gasteiger partial charge in [-0.15, -0.1) is 0 Å². The Kier molecular flexibility index (Phi) is 8.74. The fraction of sp³-hybridized carbons (Fsp3) is 0.459. The molecule has 6 rings (SSSR count). The third-order valence-electron chi connectivity index (χ3n) is 9.23. The first kappa shape index (κ1) is 32.5. The quantitative estimate of drug-likeness (QED) is 0.234. The monoisotopic (exact) mass is 635 g/mol. The van der Waals surface area contributed by atoms with E-state index in [0.717, 1.165) is 67.1 Å². The van der Waals surface area contributed by atoms with Crippen LogP contribution in [0, 0.1) is 19.3 Å². The van der Waals surface area contributed by atoms with Crippen molar-refractivity contribution in [3.05, 3.63) is 77.1 Å². The maximum atomic E-state index is 12.8. The average molecular weight is 636 g/mol. The minimum atomic E-state index is -1.14. The van der Waals surface area contributed by atoms with E-state index in [1.165, 1.54) is 11.1 Å². The van der Waals surface area contributed by atoms with Crippen molar-refractivity contribution in [2.75, 3.05) is 29.4 Å². The zero-order chi connectivity index (χ0) is 33.5. The molecule has 4 aromatic rings. The molecule has 2 aliphatic rings. The summed E-state index contributed by atoms with van der Waals surface area (Å²) in [6.45, 7) is 17.4. The summed E-state index contributed by atoms with van der Waals surface area (Å²) in [7, 11) is 0. The lowest BCUT2D eigenvalue weighted by Crippen LogP contribution is -2.39. The number of piperidine rings is 1. The predicted molar refractivity (Wildman–Crippen MR) is 183 cm³/mol. The number of carbonyl (C=O) groups is 1. The Morgan fingerprint density at radius 3 is 2.36 bits per heavy atom.